The number of halogens is 2. The molecule has 8 heteroatoms. The molecule has 0 bridgehead atoms. The van der Waals surface area contributed by atoms with Crippen molar-refractivity contribution in [2.75, 3.05) is 19.7 Å². The van der Waals surface area contributed by atoms with E-state index in [2.05, 4.69) is 15.1 Å². The third kappa shape index (κ3) is 4.37. The van der Waals surface area contributed by atoms with Gasteiger partial charge in [-0.3, -0.25) is 9.36 Å². The van der Waals surface area contributed by atoms with Crippen LogP contribution in [-0.4, -0.2) is 29.2 Å². The first-order valence-electron chi connectivity index (χ1n) is 11.0. The molecule has 2 aliphatic rings. The van der Waals surface area contributed by atoms with Crippen LogP contribution in [0, 0.1) is 18.3 Å². The highest BCUT2D eigenvalue weighted by Crippen LogP contribution is 2.40. The fourth-order valence-corrected chi connectivity index (χ4v) is 4.29. The van der Waals surface area contributed by atoms with E-state index < -0.39 is 11.4 Å². The van der Waals surface area contributed by atoms with Gasteiger partial charge >= 0.3 is 0 Å². The molecule has 6 nitrogen and oxygen atoms in total. The lowest BCUT2D eigenvalue weighted by atomic mass is 10.1. The minimum Gasteiger partial charge on any atom is -0.476 e. The highest BCUT2D eigenvalue weighted by molar-refractivity contribution is 6.31. The second kappa shape index (κ2) is 8.97. The molecule has 1 saturated carbocycles. The summed E-state index contributed by atoms with van der Waals surface area (Å²) in [6.07, 6.45) is 3.32. The Hall–Kier alpha value is -3.21. The van der Waals surface area contributed by atoms with Crippen molar-refractivity contribution in [1.29, 1.82) is 0 Å². The lowest BCUT2D eigenvalue weighted by molar-refractivity contribution is 0.250. The van der Waals surface area contributed by atoms with Gasteiger partial charge in [0.05, 0.1) is 18.9 Å². The summed E-state index contributed by atoms with van der Waals surface area (Å²) in [4.78, 5) is 21.1. The van der Waals surface area contributed by atoms with Gasteiger partial charge in [-0.15, -0.1) is 0 Å². The summed E-state index contributed by atoms with van der Waals surface area (Å²) < 4.78 is 21.7. The van der Waals surface area contributed by atoms with Gasteiger partial charge in [-0.1, -0.05) is 35.9 Å². The molecule has 1 N–H and O–H groups in total. The van der Waals surface area contributed by atoms with Gasteiger partial charge in [0.1, 0.15) is 5.82 Å². The number of hydrogen-bond acceptors (Lipinski definition) is 4. The second-order valence-corrected chi connectivity index (χ2v) is 8.89. The van der Waals surface area contributed by atoms with E-state index in [0.29, 0.717) is 29.7 Å². The SMILES string of the molecule is [C-]#[N+]c1ccc(-c2nc(OC[C@H]3CCNC3)c(Cl)c(=O)n2-c2ccc(C3CC3)cc2)cc1F. The number of nitrogens with zero attached hydrogens (tertiary/aromatic N) is 3. The molecule has 0 radical (unpaired) electrons. The predicted molar refractivity (Wildman–Crippen MR) is 125 cm³/mol. The number of rotatable bonds is 6. The van der Waals surface area contributed by atoms with Gasteiger partial charge in [-0.25, -0.2) is 9.24 Å². The average Bonchev–Trinajstić information content (AvgIpc) is 3.55. The van der Waals surface area contributed by atoms with Crippen LogP contribution in [0.25, 0.3) is 21.9 Å². The van der Waals surface area contributed by atoms with E-state index in [9.17, 15) is 9.18 Å². The standard InChI is InChI=1S/C25H22ClFN4O2/c1-28-21-9-6-18(12-20(21)27)23-30-24(33-14-15-10-11-29-13-15)22(26)25(32)31(23)19-7-4-17(5-8-19)16-2-3-16/h4-9,12,15-16,29H,2-3,10-11,13-14H2/t15-/m0/s1. The van der Waals surface area contributed by atoms with Gasteiger partial charge in [0.15, 0.2) is 10.8 Å². The molecule has 1 atom stereocenters. The highest BCUT2D eigenvalue weighted by atomic mass is 35.5. The molecule has 3 aromatic rings. The quantitative estimate of drug-likeness (QED) is 0.515. The van der Waals surface area contributed by atoms with Gasteiger partial charge in [0, 0.05) is 18.0 Å². The molecule has 2 fully saturated rings. The summed E-state index contributed by atoms with van der Waals surface area (Å²) >= 11 is 6.41. The first kappa shape index (κ1) is 21.6. The molecular formula is C25H22ClFN4O2. The van der Waals surface area contributed by atoms with E-state index in [-0.39, 0.29) is 22.4 Å². The predicted octanol–water partition coefficient (Wildman–Crippen LogP) is 5.11. The van der Waals surface area contributed by atoms with Crippen LogP contribution >= 0.6 is 11.6 Å². The van der Waals surface area contributed by atoms with Crippen LogP contribution in [0.2, 0.25) is 5.02 Å². The Bertz CT molecular complexity index is 1290. The first-order valence-corrected chi connectivity index (χ1v) is 11.4. The third-order valence-corrected chi connectivity index (χ3v) is 6.47. The zero-order chi connectivity index (χ0) is 22.9. The maximum absolute atomic E-state index is 14.5. The van der Waals surface area contributed by atoms with Gasteiger partial charge in [0.2, 0.25) is 11.6 Å². The van der Waals surface area contributed by atoms with Crippen molar-refractivity contribution in [3.8, 4) is 23.0 Å². The molecule has 0 unspecified atom stereocenters. The zero-order valence-corrected chi connectivity index (χ0v) is 18.6. The van der Waals surface area contributed by atoms with E-state index >= 15 is 0 Å². The summed E-state index contributed by atoms with van der Waals surface area (Å²) in [6.45, 7) is 9.23. The van der Waals surface area contributed by atoms with Crippen molar-refractivity contribution in [3.05, 3.63) is 80.6 Å². The topological polar surface area (TPSA) is 60.5 Å². The summed E-state index contributed by atoms with van der Waals surface area (Å²) in [5.41, 5.74) is 1.57. The Morgan fingerprint density at radius 1 is 1.21 bits per heavy atom. The lowest BCUT2D eigenvalue weighted by Crippen LogP contribution is -2.24. The molecule has 1 aromatic heterocycles. The Morgan fingerprint density at radius 2 is 2.00 bits per heavy atom. The Morgan fingerprint density at radius 3 is 2.64 bits per heavy atom. The Balaban J connectivity index is 1.61. The number of benzene rings is 2. The largest absolute Gasteiger partial charge is 0.476 e. The minimum atomic E-state index is -0.679. The zero-order valence-electron chi connectivity index (χ0n) is 17.9. The molecular weight excluding hydrogens is 443 g/mol. The van der Waals surface area contributed by atoms with Crippen LogP contribution in [0.4, 0.5) is 10.1 Å². The Kier molecular flexibility index (Phi) is 5.88. The van der Waals surface area contributed by atoms with E-state index in [1.807, 2.05) is 24.3 Å². The fraction of sp³-hybridized carbons (Fsp3) is 0.320. The molecule has 1 aliphatic carbocycles. The van der Waals surface area contributed by atoms with E-state index in [4.69, 9.17) is 22.9 Å². The van der Waals surface area contributed by atoms with E-state index in [0.717, 1.165) is 19.5 Å². The molecule has 0 amide bonds. The van der Waals surface area contributed by atoms with Crippen molar-refractivity contribution < 1.29 is 9.13 Å². The average molecular weight is 465 g/mol. The van der Waals surface area contributed by atoms with Gasteiger partial charge in [-0.2, -0.15) is 4.98 Å². The van der Waals surface area contributed by atoms with Crippen LogP contribution in [0.3, 0.4) is 0 Å². The maximum Gasteiger partial charge on any atom is 0.281 e. The van der Waals surface area contributed by atoms with Crippen LogP contribution in [0.15, 0.2) is 47.3 Å². The van der Waals surface area contributed by atoms with Crippen molar-refractivity contribution in [1.82, 2.24) is 14.9 Å². The number of hydrogen-bond donors (Lipinski definition) is 1. The number of aromatic nitrogens is 2. The molecule has 5 rings (SSSR count). The smallest absolute Gasteiger partial charge is 0.281 e. The third-order valence-electron chi connectivity index (χ3n) is 6.14. The fourth-order valence-electron chi connectivity index (χ4n) is 4.11. The van der Waals surface area contributed by atoms with Crippen LogP contribution in [0.1, 0.15) is 30.7 Å². The normalized spacial score (nSPS) is 17.7. The number of ether oxygens (including phenoxy) is 1. The highest BCUT2D eigenvalue weighted by Gasteiger charge is 2.25. The van der Waals surface area contributed by atoms with Crippen LogP contribution in [0.5, 0.6) is 5.88 Å². The van der Waals surface area contributed by atoms with Gasteiger partial charge < -0.3 is 10.1 Å². The van der Waals surface area contributed by atoms with Crippen LogP contribution < -0.4 is 15.6 Å². The molecule has 168 valence electrons. The van der Waals surface area contributed by atoms with Crippen molar-refractivity contribution in [2.45, 2.75) is 25.2 Å². The minimum absolute atomic E-state index is 0.0316. The summed E-state index contributed by atoms with van der Waals surface area (Å²) in [5.74, 6) is 0.441. The molecule has 33 heavy (non-hydrogen) atoms. The summed E-state index contributed by atoms with van der Waals surface area (Å²) in [7, 11) is 0. The van der Waals surface area contributed by atoms with Crippen molar-refractivity contribution >= 4 is 17.3 Å². The summed E-state index contributed by atoms with van der Waals surface area (Å²) in [5, 5.41) is 3.15. The number of nitrogens with one attached hydrogen (secondary N) is 1. The molecule has 2 aromatic carbocycles. The van der Waals surface area contributed by atoms with Gasteiger partial charge in [-0.05, 0) is 55.5 Å². The maximum atomic E-state index is 14.5. The van der Waals surface area contributed by atoms with Gasteiger partial charge in [0.25, 0.3) is 5.56 Å². The Labute approximate surface area is 195 Å². The van der Waals surface area contributed by atoms with Crippen molar-refractivity contribution in [2.24, 2.45) is 5.92 Å². The first-order chi connectivity index (χ1) is 16.0. The molecule has 2 heterocycles. The monoisotopic (exact) mass is 464 g/mol. The molecule has 1 aliphatic heterocycles. The van der Waals surface area contributed by atoms with Crippen molar-refractivity contribution in [3.63, 3.8) is 0 Å². The van der Waals surface area contributed by atoms with Crippen LogP contribution in [-0.2, 0) is 0 Å². The summed E-state index contributed by atoms with van der Waals surface area (Å²) in [6, 6.07) is 11.9. The van der Waals surface area contributed by atoms with E-state index in [1.54, 1.807) is 6.07 Å². The molecule has 1 saturated heterocycles. The lowest BCUT2D eigenvalue weighted by Gasteiger charge is -2.17. The van der Waals surface area contributed by atoms with E-state index in [1.165, 1.54) is 35.1 Å². The molecule has 0 spiro atoms. The second-order valence-electron chi connectivity index (χ2n) is 8.51.